The summed E-state index contributed by atoms with van der Waals surface area (Å²) in [6, 6.07) is 1.98. The largest absolute Gasteiger partial charge is 0.233 e. The Balaban J connectivity index is 2.67. The lowest BCUT2D eigenvalue weighted by Gasteiger charge is -1.96. The molecule has 2 aromatic rings. The maximum atomic E-state index is 4.12. The predicted molar refractivity (Wildman–Crippen MR) is 44.5 cm³/mol. The maximum Gasteiger partial charge on any atom is 0.200 e. The Morgan fingerprint density at radius 2 is 2.25 bits per heavy atom. The highest BCUT2D eigenvalue weighted by Gasteiger charge is 1.97. The molecular formula is C8H8N4. The smallest absolute Gasteiger partial charge is 0.200 e. The van der Waals surface area contributed by atoms with Crippen molar-refractivity contribution in [1.82, 2.24) is 20.2 Å². The van der Waals surface area contributed by atoms with E-state index < -0.39 is 0 Å². The lowest BCUT2D eigenvalue weighted by Crippen LogP contribution is -1.91. The first-order valence-electron chi connectivity index (χ1n) is 3.82. The molecule has 2 heterocycles. The van der Waals surface area contributed by atoms with Crippen LogP contribution in [0.15, 0.2) is 18.6 Å². The van der Waals surface area contributed by atoms with E-state index >= 15 is 0 Å². The minimum atomic E-state index is 0.606. The SMILES string of the molecule is CCc1cnc2nncnc2c1. The van der Waals surface area contributed by atoms with E-state index in [9.17, 15) is 0 Å². The molecule has 0 bridgehead atoms. The van der Waals surface area contributed by atoms with Gasteiger partial charge >= 0.3 is 0 Å². The molecule has 0 spiro atoms. The van der Waals surface area contributed by atoms with Crippen LogP contribution in [0.2, 0.25) is 0 Å². The van der Waals surface area contributed by atoms with Crippen molar-refractivity contribution in [1.29, 1.82) is 0 Å². The van der Waals surface area contributed by atoms with E-state index in [0.717, 1.165) is 11.9 Å². The minimum absolute atomic E-state index is 0.606. The number of pyridine rings is 1. The molecule has 0 radical (unpaired) electrons. The standard InChI is InChI=1S/C8H8N4/c1-2-6-3-7-8(9-4-6)12-11-5-10-7/h3-5H,2H2,1H3. The van der Waals surface area contributed by atoms with Crippen molar-refractivity contribution in [3.05, 3.63) is 24.2 Å². The number of rotatable bonds is 1. The molecular weight excluding hydrogens is 152 g/mol. The van der Waals surface area contributed by atoms with Crippen LogP contribution in [0.1, 0.15) is 12.5 Å². The molecule has 2 rings (SSSR count). The van der Waals surface area contributed by atoms with Gasteiger partial charge < -0.3 is 0 Å². The quantitative estimate of drug-likeness (QED) is 0.624. The van der Waals surface area contributed by atoms with Crippen LogP contribution in [-0.2, 0) is 6.42 Å². The van der Waals surface area contributed by atoms with Gasteiger partial charge in [-0.2, -0.15) is 0 Å². The average molecular weight is 160 g/mol. The third kappa shape index (κ3) is 1.11. The lowest BCUT2D eigenvalue weighted by atomic mass is 10.2. The van der Waals surface area contributed by atoms with Gasteiger partial charge in [0.15, 0.2) is 5.65 Å². The summed E-state index contributed by atoms with van der Waals surface area (Å²) in [5, 5.41) is 7.48. The molecule has 0 saturated heterocycles. The molecule has 0 aliphatic carbocycles. The number of nitrogens with zero attached hydrogens (tertiary/aromatic N) is 4. The fourth-order valence-corrected chi connectivity index (χ4v) is 1.02. The summed E-state index contributed by atoms with van der Waals surface area (Å²) in [6.07, 6.45) is 4.20. The molecule has 0 aliphatic heterocycles. The first-order chi connectivity index (χ1) is 5.90. The summed E-state index contributed by atoms with van der Waals surface area (Å²) in [5.41, 5.74) is 2.59. The average Bonchev–Trinajstić information content (AvgIpc) is 2.17. The van der Waals surface area contributed by atoms with Crippen LogP contribution >= 0.6 is 0 Å². The summed E-state index contributed by atoms with van der Waals surface area (Å²) in [7, 11) is 0. The van der Waals surface area contributed by atoms with Crippen LogP contribution in [0, 0.1) is 0 Å². The summed E-state index contributed by atoms with van der Waals surface area (Å²) in [6.45, 7) is 2.08. The molecule has 0 aromatic carbocycles. The van der Waals surface area contributed by atoms with Gasteiger partial charge in [0, 0.05) is 6.20 Å². The Morgan fingerprint density at radius 3 is 3.08 bits per heavy atom. The molecule has 0 unspecified atom stereocenters. The molecule has 4 heteroatoms. The predicted octanol–water partition coefficient (Wildman–Crippen LogP) is 0.982. The first kappa shape index (κ1) is 7.09. The second kappa shape index (κ2) is 2.81. The van der Waals surface area contributed by atoms with Crippen molar-refractivity contribution in [2.45, 2.75) is 13.3 Å². The van der Waals surface area contributed by atoms with E-state index in [0.29, 0.717) is 5.65 Å². The molecule has 2 aromatic heterocycles. The van der Waals surface area contributed by atoms with Gasteiger partial charge in [-0.1, -0.05) is 6.92 Å². The Labute approximate surface area is 69.7 Å². The monoisotopic (exact) mass is 160 g/mol. The second-order valence-electron chi connectivity index (χ2n) is 2.50. The minimum Gasteiger partial charge on any atom is -0.233 e. The third-order valence-corrected chi connectivity index (χ3v) is 1.71. The van der Waals surface area contributed by atoms with Crippen LogP contribution in [0.5, 0.6) is 0 Å². The Hall–Kier alpha value is -1.58. The van der Waals surface area contributed by atoms with Crippen molar-refractivity contribution in [2.75, 3.05) is 0 Å². The highest BCUT2D eigenvalue weighted by molar-refractivity contribution is 5.68. The van der Waals surface area contributed by atoms with Gasteiger partial charge in [0.2, 0.25) is 0 Å². The zero-order valence-electron chi connectivity index (χ0n) is 6.73. The van der Waals surface area contributed by atoms with E-state index in [2.05, 4.69) is 27.1 Å². The van der Waals surface area contributed by atoms with Crippen LogP contribution in [0.3, 0.4) is 0 Å². The first-order valence-corrected chi connectivity index (χ1v) is 3.82. The zero-order chi connectivity index (χ0) is 8.39. The van der Waals surface area contributed by atoms with Crippen LogP contribution < -0.4 is 0 Å². The van der Waals surface area contributed by atoms with Crippen molar-refractivity contribution >= 4 is 11.2 Å². The van der Waals surface area contributed by atoms with Crippen molar-refractivity contribution in [2.24, 2.45) is 0 Å². The summed E-state index contributed by atoms with van der Waals surface area (Å²) in [4.78, 5) is 8.17. The fraction of sp³-hybridized carbons (Fsp3) is 0.250. The third-order valence-electron chi connectivity index (χ3n) is 1.71. The normalized spacial score (nSPS) is 10.4. The number of hydrogen-bond acceptors (Lipinski definition) is 4. The molecule has 4 nitrogen and oxygen atoms in total. The lowest BCUT2D eigenvalue weighted by molar-refractivity contribution is 0.992. The maximum absolute atomic E-state index is 4.12. The van der Waals surface area contributed by atoms with E-state index in [1.807, 2.05) is 6.07 Å². The van der Waals surface area contributed by atoms with Crippen molar-refractivity contribution in [3.8, 4) is 0 Å². The van der Waals surface area contributed by atoms with Gasteiger partial charge in [0.1, 0.15) is 11.8 Å². The van der Waals surface area contributed by atoms with Gasteiger partial charge in [-0.15, -0.1) is 10.2 Å². The molecule has 60 valence electrons. The number of aryl methyl sites for hydroxylation is 1. The van der Waals surface area contributed by atoms with Gasteiger partial charge in [-0.05, 0) is 18.1 Å². The van der Waals surface area contributed by atoms with Gasteiger partial charge in [-0.3, -0.25) is 0 Å². The van der Waals surface area contributed by atoms with Gasteiger partial charge in [0.05, 0.1) is 0 Å². The van der Waals surface area contributed by atoms with Crippen molar-refractivity contribution < 1.29 is 0 Å². The fourth-order valence-electron chi connectivity index (χ4n) is 1.02. The van der Waals surface area contributed by atoms with E-state index in [4.69, 9.17) is 0 Å². The number of hydrogen-bond donors (Lipinski definition) is 0. The number of fused-ring (bicyclic) bond motifs is 1. The van der Waals surface area contributed by atoms with Crippen LogP contribution in [0.25, 0.3) is 11.2 Å². The van der Waals surface area contributed by atoms with E-state index in [1.165, 1.54) is 11.9 Å². The summed E-state index contributed by atoms with van der Waals surface area (Å²) in [5.74, 6) is 0. The van der Waals surface area contributed by atoms with Gasteiger partial charge in [-0.25, -0.2) is 9.97 Å². The molecule has 0 atom stereocenters. The molecule has 0 aliphatic rings. The summed E-state index contributed by atoms with van der Waals surface area (Å²) >= 11 is 0. The molecule has 12 heavy (non-hydrogen) atoms. The summed E-state index contributed by atoms with van der Waals surface area (Å²) < 4.78 is 0. The van der Waals surface area contributed by atoms with Gasteiger partial charge in [0.25, 0.3) is 0 Å². The van der Waals surface area contributed by atoms with E-state index in [-0.39, 0.29) is 0 Å². The van der Waals surface area contributed by atoms with Crippen LogP contribution in [0.4, 0.5) is 0 Å². The molecule has 0 N–H and O–H groups in total. The highest BCUT2D eigenvalue weighted by Crippen LogP contribution is 2.06. The van der Waals surface area contributed by atoms with E-state index in [1.54, 1.807) is 6.20 Å². The van der Waals surface area contributed by atoms with Crippen LogP contribution in [-0.4, -0.2) is 20.2 Å². The second-order valence-corrected chi connectivity index (χ2v) is 2.50. The highest BCUT2D eigenvalue weighted by atomic mass is 15.2. The Kier molecular flexibility index (Phi) is 1.66. The molecule has 0 saturated carbocycles. The Bertz CT molecular complexity index is 399. The molecule has 0 fully saturated rings. The Morgan fingerprint density at radius 1 is 1.33 bits per heavy atom. The molecule has 0 amide bonds. The zero-order valence-corrected chi connectivity index (χ0v) is 6.73. The number of aromatic nitrogens is 4. The van der Waals surface area contributed by atoms with Crippen molar-refractivity contribution in [3.63, 3.8) is 0 Å². The topological polar surface area (TPSA) is 51.6 Å².